The van der Waals surface area contributed by atoms with Gasteiger partial charge in [-0.2, -0.15) is 5.21 Å². The average molecular weight is 522 g/mol. The zero-order valence-electron chi connectivity index (χ0n) is 20.0. The van der Waals surface area contributed by atoms with Crippen LogP contribution in [0, 0.1) is 5.82 Å². The molecule has 37 heavy (non-hydrogen) atoms. The number of nitrogens with zero attached hydrogens (tertiary/aromatic N) is 5. The van der Waals surface area contributed by atoms with Crippen molar-refractivity contribution in [1.82, 2.24) is 30.6 Å². The van der Waals surface area contributed by atoms with Crippen molar-refractivity contribution in [2.45, 2.75) is 31.6 Å². The van der Waals surface area contributed by atoms with Crippen molar-refractivity contribution in [3.05, 3.63) is 66.0 Å². The summed E-state index contributed by atoms with van der Waals surface area (Å²) in [6, 6.07) is 9.90. The monoisotopic (exact) mass is 521 g/mol. The summed E-state index contributed by atoms with van der Waals surface area (Å²) in [6.45, 7) is 0.259. The van der Waals surface area contributed by atoms with Crippen molar-refractivity contribution in [3.63, 3.8) is 0 Å². The van der Waals surface area contributed by atoms with Gasteiger partial charge in [0.1, 0.15) is 23.0 Å². The predicted octanol–water partition coefficient (Wildman–Crippen LogP) is 4.42. The lowest BCUT2D eigenvalue weighted by Crippen LogP contribution is -2.32. The third-order valence-corrected chi connectivity index (χ3v) is 7.70. The number of fused-ring (bicyclic) bond motifs is 1. The van der Waals surface area contributed by atoms with Crippen molar-refractivity contribution in [2.24, 2.45) is 0 Å². The van der Waals surface area contributed by atoms with E-state index in [1.54, 1.807) is 30.6 Å². The lowest BCUT2D eigenvalue weighted by molar-refractivity contribution is 0.594. The van der Waals surface area contributed by atoms with Gasteiger partial charge in [0.15, 0.2) is 5.82 Å². The van der Waals surface area contributed by atoms with E-state index in [9.17, 15) is 12.8 Å². The number of anilines is 1. The molecule has 0 unspecified atom stereocenters. The number of aromatic nitrogens is 6. The highest BCUT2D eigenvalue weighted by atomic mass is 32.2. The number of aromatic amines is 2. The maximum atomic E-state index is 13.7. The normalized spacial score (nSPS) is 13.9. The van der Waals surface area contributed by atoms with Crippen LogP contribution < -0.4 is 4.31 Å². The average Bonchev–Trinajstić information content (AvgIpc) is 3.24. The van der Waals surface area contributed by atoms with Gasteiger partial charge in [-0.3, -0.25) is 4.31 Å². The molecule has 0 amide bonds. The molecular formula is C25H24FN7O3S. The Labute approximate surface area is 212 Å². The predicted molar refractivity (Wildman–Crippen MR) is 136 cm³/mol. The first kappa shape index (κ1) is 23.3. The van der Waals surface area contributed by atoms with Crippen LogP contribution in [0.4, 0.5) is 10.1 Å². The van der Waals surface area contributed by atoms with Crippen molar-refractivity contribution in [1.29, 1.82) is 0 Å². The second kappa shape index (κ2) is 9.11. The van der Waals surface area contributed by atoms with Crippen LogP contribution in [0.25, 0.3) is 33.7 Å². The molecule has 0 aliphatic heterocycles. The summed E-state index contributed by atoms with van der Waals surface area (Å²) in [7, 11) is -3.59. The van der Waals surface area contributed by atoms with E-state index < -0.39 is 10.0 Å². The molecule has 3 aromatic heterocycles. The number of rotatable bonds is 9. The van der Waals surface area contributed by atoms with Gasteiger partial charge in [0.05, 0.1) is 17.5 Å². The molecule has 0 atom stereocenters. The van der Waals surface area contributed by atoms with Gasteiger partial charge >= 0.3 is 0 Å². The minimum absolute atomic E-state index is 0.259. The zero-order chi connectivity index (χ0) is 25.6. The highest BCUT2D eigenvalue weighted by Gasteiger charge is 2.32. The van der Waals surface area contributed by atoms with E-state index in [1.165, 1.54) is 22.7 Å². The van der Waals surface area contributed by atoms with Crippen LogP contribution in [0.1, 0.15) is 36.6 Å². The van der Waals surface area contributed by atoms with E-state index >= 15 is 0 Å². The molecular weight excluding hydrogens is 497 g/mol. The number of tetrazole rings is 1. The largest absolute Gasteiger partial charge is 0.455 e. The van der Waals surface area contributed by atoms with Crippen molar-refractivity contribution >= 4 is 26.7 Å². The van der Waals surface area contributed by atoms with E-state index in [1.807, 2.05) is 6.07 Å². The van der Waals surface area contributed by atoms with Crippen LogP contribution in [0.2, 0.25) is 0 Å². The molecule has 0 radical (unpaired) electrons. The Hall–Kier alpha value is -4.06. The molecule has 190 valence electrons. The van der Waals surface area contributed by atoms with Crippen LogP contribution in [-0.4, -0.2) is 51.8 Å². The third-order valence-electron chi connectivity index (χ3n) is 6.52. The number of imidazole rings is 1. The van der Waals surface area contributed by atoms with Gasteiger partial charge in [-0.1, -0.05) is 5.21 Å². The van der Waals surface area contributed by atoms with Crippen LogP contribution >= 0.6 is 0 Å². The molecule has 1 saturated carbocycles. The smallest absolute Gasteiger partial charge is 0.232 e. The van der Waals surface area contributed by atoms with E-state index in [2.05, 4.69) is 30.6 Å². The minimum Gasteiger partial charge on any atom is -0.455 e. The number of hydrogen-bond donors (Lipinski definition) is 2. The molecule has 0 saturated heterocycles. The standard InChI is InChI=1S/C25H24FN7O3S/c1-37(34,35)33(12-2-3-22-29-31-32-30-22)20-14-21-19(13-18(20)15-4-5-15)23(25-27-10-11-28-25)24(36-21)16-6-8-17(26)9-7-16/h6-11,13-15H,2-5,12H2,1H3,(H,27,28)(H,29,30,31,32). The molecule has 5 aromatic rings. The van der Waals surface area contributed by atoms with Gasteiger partial charge in [-0.25, -0.2) is 17.8 Å². The Kier molecular flexibility index (Phi) is 5.75. The molecule has 6 rings (SSSR count). The second-order valence-corrected chi connectivity index (χ2v) is 11.1. The number of H-pyrrole nitrogens is 2. The molecule has 0 spiro atoms. The first-order valence-electron chi connectivity index (χ1n) is 11.9. The summed E-state index contributed by atoms with van der Waals surface area (Å²) in [5.41, 5.74) is 3.53. The number of furan rings is 1. The molecule has 0 bridgehead atoms. The van der Waals surface area contributed by atoms with Gasteiger partial charge in [0.2, 0.25) is 10.0 Å². The Morgan fingerprint density at radius 3 is 2.65 bits per heavy atom. The molecule has 12 heteroatoms. The number of hydrogen-bond acceptors (Lipinski definition) is 7. The van der Waals surface area contributed by atoms with Gasteiger partial charge in [-0.15, -0.1) is 10.2 Å². The van der Waals surface area contributed by atoms with Crippen LogP contribution in [0.5, 0.6) is 0 Å². The fourth-order valence-corrected chi connectivity index (χ4v) is 5.64. The van der Waals surface area contributed by atoms with E-state index in [-0.39, 0.29) is 18.3 Å². The summed E-state index contributed by atoms with van der Waals surface area (Å²) < 4.78 is 47.3. The van der Waals surface area contributed by atoms with E-state index in [0.29, 0.717) is 47.1 Å². The van der Waals surface area contributed by atoms with Crippen molar-refractivity contribution in [2.75, 3.05) is 17.1 Å². The number of halogens is 1. The molecule has 3 heterocycles. The Balaban J connectivity index is 1.49. The fraction of sp³-hybridized carbons (Fsp3) is 0.280. The molecule has 2 aromatic carbocycles. The van der Waals surface area contributed by atoms with Gasteiger partial charge in [0, 0.05) is 42.4 Å². The Bertz CT molecular complexity index is 1640. The lowest BCUT2D eigenvalue weighted by Gasteiger charge is -2.25. The Morgan fingerprint density at radius 2 is 2.00 bits per heavy atom. The summed E-state index contributed by atoms with van der Waals surface area (Å²) in [5.74, 6) is 1.60. The summed E-state index contributed by atoms with van der Waals surface area (Å²) >= 11 is 0. The molecule has 1 aliphatic carbocycles. The molecule has 10 nitrogen and oxygen atoms in total. The fourth-order valence-electron chi connectivity index (χ4n) is 4.66. The van der Waals surface area contributed by atoms with Crippen LogP contribution in [-0.2, 0) is 16.4 Å². The highest BCUT2D eigenvalue weighted by Crippen LogP contribution is 2.49. The van der Waals surface area contributed by atoms with Crippen molar-refractivity contribution < 1.29 is 17.2 Å². The van der Waals surface area contributed by atoms with Gasteiger partial charge in [0.25, 0.3) is 0 Å². The molecule has 1 aliphatic rings. The SMILES string of the molecule is CS(=O)(=O)N(CCCc1nn[nH]n1)c1cc2oc(-c3ccc(F)cc3)c(-c3ncc[nH]3)c2cc1C1CC1. The number of aryl methyl sites for hydroxylation is 1. The second-order valence-electron chi connectivity index (χ2n) is 9.20. The van der Waals surface area contributed by atoms with E-state index in [4.69, 9.17) is 4.42 Å². The first-order valence-corrected chi connectivity index (χ1v) is 13.8. The quantitative estimate of drug-likeness (QED) is 0.293. The van der Waals surface area contributed by atoms with Crippen molar-refractivity contribution in [3.8, 4) is 22.7 Å². The summed E-state index contributed by atoms with van der Waals surface area (Å²) in [4.78, 5) is 7.60. The summed E-state index contributed by atoms with van der Waals surface area (Å²) in [6.07, 6.45) is 7.58. The third kappa shape index (κ3) is 4.59. The zero-order valence-corrected chi connectivity index (χ0v) is 20.8. The Morgan fingerprint density at radius 1 is 1.19 bits per heavy atom. The first-order chi connectivity index (χ1) is 17.9. The van der Waals surface area contributed by atoms with Crippen LogP contribution in [0.15, 0.2) is 53.2 Å². The number of benzene rings is 2. The maximum absolute atomic E-state index is 13.7. The topological polar surface area (TPSA) is 134 Å². The minimum atomic E-state index is -3.59. The number of sulfonamides is 1. The lowest BCUT2D eigenvalue weighted by atomic mass is 10.0. The summed E-state index contributed by atoms with van der Waals surface area (Å²) in [5, 5.41) is 14.7. The maximum Gasteiger partial charge on any atom is 0.232 e. The van der Waals surface area contributed by atoms with E-state index in [0.717, 1.165) is 29.4 Å². The molecule has 1 fully saturated rings. The van der Waals surface area contributed by atoms with Gasteiger partial charge < -0.3 is 9.40 Å². The molecule has 2 N–H and O–H groups in total. The highest BCUT2D eigenvalue weighted by molar-refractivity contribution is 7.92. The van der Waals surface area contributed by atoms with Gasteiger partial charge in [-0.05, 0) is 61.1 Å². The van der Waals surface area contributed by atoms with Crippen LogP contribution in [0.3, 0.4) is 0 Å². The number of nitrogens with one attached hydrogen (secondary N) is 2.